The molecule has 0 saturated carbocycles. The molecule has 5 aromatic carbocycles. The number of fused-ring (bicyclic) bond motifs is 9. The second-order valence-corrected chi connectivity index (χ2v) is 13.2. The number of benzene rings is 5. The van der Waals surface area contributed by atoms with Crippen molar-refractivity contribution in [3.05, 3.63) is 157 Å². The van der Waals surface area contributed by atoms with Crippen LogP contribution in [-0.2, 0) is 5.41 Å². The van der Waals surface area contributed by atoms with Crippen molar-refractivity contribution in [1.82, 2.24) is 19.1 Å². The van der Waals surface area contributed by atoms with E-state index in [0.29, 0.717) is 0 Å². The van der Waals surface area contributed by atoms with Crippen LogP contribution in [0.3, 0.4) is 0 Å². The molecular weight excluding hydrogens is 573 g/mol. The maximum absolute atomic E-state index is 4.57. The summed E-state index contributed by atoms with van der Waals surface area (Å²) in [6.07, 6.45) is 7.76. The van der Waals surface area contributed by atoms with E-state index >= 15 is 0 Å². The summed E-state index contributed by atoms with van der Waals surface area (Å²) in [4.78, 5) is 9.04. The first-order valence-corrected chi connectivity index (χ1v) is 16.1. The van der Waals surface area contributed by atoms with E-state index in [2.05, 4.69) is 154 Å². The number of para-hydroxylation sites is 1. The van der Waals surface area contributed by atoms with Gasteiger partial charge >= 0.3 is 0 Å². The Bertz CT molecular complexity index is 2710. The van der Waals surface area contributed by atoms with Crippen LogP contribution in [0.4, 0.5) is 0 Å². The first kappa shape index (κ1) is 26.2. The van der Waals surface area contributed by atoms with Gasteiger partial charge in [0.25, 0.3) is 0 Å². The van der Waals surface area contributed by atoms with Gasteiger partial charge in [-0.05, 0) is 94.0 Å². The molecule has 0 N–H and O–H groups in total. The summed E-state index contributed by atoms with van der Waals surface area (Å²) in [7, 11) is 0. The molecule has 4 nitrogen and oxygen atoms in total. The zero-order valence-corrected chi connectivity index (χ0v) is 26.1. The van der Waals surface area contributed by atoms with Crippen LogP contribution in [-0.4, -0.2) is 19.1 Å². The second kappa shape index (κ2) is 9.51. The van der Waals surface area contributed by atoms with Crippen molar-refractivity contribution in [2.24, 2.45) is 0 Å². The van der Waals surface area contributed by atoms with E-state index in [9.17, 15) is 0 Å². The highest BCUT2D eigenvalue weighted by Crippen LogP contribution is 2.49. The Balaban J connectivity index is 1.15. The Hall–Kier alpha value is -6.00. The van der Waals surface area contributed by atoms with Gasteiger partial charge in [0.1, 0.15) is 0 Å². The SMILES string of the molecule is CC1(C)c2ccccc2-c2ccc(-n3c4ccncc4c4cc(-c5ccc6c(c5)c5ccncc5n6-c5ccccc5)ccc43)cc21. The minimum absolute atomic E-state index is 0.0617. The lowest BCUT2D eigenvalue weighted by atomic mass is 9.82. The highest BCUT2D eigenvalue weighted by Gasteiger charge is 2.35. The molecule has 0 spiro atoms. The standard InChI is InChI=1S/C43H30N4/c1-43(2)37-11-7-6-10-31(37)32-15-14-30(24-38(32)43)47-40-17-13-28(23-35(40)36-25-44-21-19-41(36)47)27-12-16-39-34(22-27)33-18-20-45-26-42(33)46(39)29-8-4-3-5-9-29/h3-26H,1-2H3. The van der Waals surface area contributed by atoms with E-state index in [1.54, 1.807) is 0 Å². The highest BCUT2D eigenvalue weighted by atomic mass is 15.0. The second-order valence-electron chi connectivity index (χ2n) is 13.2. The maximum Gasteiger partial charge on any atom is 0.0724 e. The van der Waals surface area contributed by atoms with Gasteiger partial charge in [-0.2, -0.15) is 0 Å². The van der Waals surface area contributed by atoms with Crippen LogP contribution in [0, 0.1) is 0 Å². The minimum Gasteiger partial charge on any atom is -0.309 e. The zero-order valence-electron chi connectivity index (χ0n) is 26.1. The van der Waals surface area contributed by atoms with E-state index in [1.165, 1.54) is 66.3 Å². The molecule has 0 amide bonds. The summed E-state index contributed by atoms with van der Waals surface area (Å²) in [5, 5.41) is 4.77. The predicted molar refractivity (Wildman–Crippen MR) is 194 cm³/mol. The van der Waals surface area contributed by atoms with E-state index in [-0.39, 0.29) is 5.41 Å². The van der Waals surface area contributed by atoms with Crippen molar-refractivity contribution in [1.29, 1.82) is 0 Å². The summed E-state index contributed by atoms with van der Waals surface area (Å²) in [5.74, 6) is 0. The molecule has 0 bridgehead atoms. The van der Waals surface area contributed by atoms with Crippen LogP contribution >= 0.6 is 0 Å². The summed E-state index contributed by atoms with van der Waals surface area (Å²) in [6, 6.07) is 44.3. The summed E-state index contributed by atoms with van der Waals surface area (Å²) in [5.41, 5.74) is 14.7. The van der Waals surface area contributed by atoms with Gasteiger partial charge in [-0.3, -0.25) is 9.97 Å². The summed E-state index contributed by atoms with van der Waals surface area (Å²) < 4.78 is 4.71. The van der Waals surface area contributed by atoms with Crippen LogP contribution in [0.5, 0.6) is 0 Å². The third-order valence-corrected chi connectivity index (χ3v) is 10.3. The molecule has 0 saturated heterocycles. The van der Waals surface area contributed by atoms with Crippen LogP contribution < -0.4 is 0 Å². The fourth-order valence-electron chi connectivity index (χ4n) is 8.06. The summed E-state index contributed by atoms with van der Waals surface area (Å²) >= 11 is 0. The molecule has 1 aliphatic rings. The van der Waals surface area contributed by atoms with Gasteiger partial charge in [-0.1, -0.05) is 74.5 Å². The van der Waals surface area contributed by atoms with Gasteiger partial charge in [0.05, 0.1) is 28.3 Å². The Labute approximate surface area is 272 Å². The first-order chi connectivity index (χ1) is 23.1. The number of nitrogens with zero attached hydrogens (tertiary/aromatic N) is 4. The third kappa shape index (κ3) is 3.64. The van der Waals surface area contributed by atoms with E-state index < -0.39 is 0 Å². The number of hydrogen-bond acceptors (Lipinski definition) is 2. The molecule has 4 heterocycles. The van der Waals surface area contributed by atoms with Crippen molar-refractivity contribution in [3.8, 4) is 33.6 Å². The van der Waals surface area contributed by atoms with Gasteiger partial charge in [0.15, 0.2) is 0 Å². The molecule has 0 aliphatic heterocycles. The van der Waals surface area contributed by atoms with Crippen LogP contribution in [0.25, 0.3) is 77.2 Å². The Morgan fingerprint density at radius 2 is 1.09 bits per heavy atom. The van der Waals surface area contributed by atoms with Gasteiger partial charge in [0.2, 0.25) is 0 Å². The molecule has 10 rings (SSSR count). The van der Waals surface area contributed by atoms with Gasteiger partial charge in [0, 0.05) is 56.9 Å². The largest absolute Gasteiger partial charge is 0.309 e. The first-order valence-electron chi connectivity index (χ1n) is 16.1. The van der Waals surface area contributed by atoms with E-state index in [1.807, 2.05) is 24.8 Å². The predicted octanol–water partition coefficient (Wildman–Crippen LogP) is 10.6. The molecule has 9 aromatic rings. The molecule has 222 valence electrons. The molecule has 47 heavy (non-hydrogen) atoms. The highest BCUT2D eigenvalue weighted by molar-refractivity contribution is 6.12. The number of hydrogen-bond donors (Lipinski definition) is 0. The minimum atomic E-state index is -0.0617. The van der Waals surface area contributed by atoms with E-state index in [4.69, 9.17) is 0 Å². The molecule has 4 aromatic heterocycles. The molecule has 4 heteroatoms. The smallest absolute Gasteiger partial charge is 0.0724 e. The average Bonchev–Trinajstić information content (AvgIpc) is 3.71. The van der Waals surface area contributed by atoms with Crippen molar-refractivity contribution < 1.29 is 0 Å². The van der Waals surface area contributed by atoms with Gasteiger partial charge in [-0.15, -0.1) is 0 Å². The van der Waals surface area contributed by atoms with Gasteiger partial charge in [-0.25, -0.2) is 0 Å². The fourth-order valence-corrected chi connectivity index (χ4v) is 8.06. The third-order valence-electron chi connectivity index (χ3n) is 10.3. The van der Waals surface area contributed by atoms with Crippen molar-refractivity contribution >= 4 is 43.6 Å². The molecule has 0 unspecified atom stereocenters. The Kier molecular flexibility index (Phi) is 5.31. The average molecular weight is 603 g/mol. The topological polar surface area (TPSA) is 35.6 Å². The van der Waals surface area contributed by atoms with E-state index in [0.717, 1.165) is 22.1 Å². The monoisotopic (exact) mass is 602 g/mol. The van der Waals surface area contributed by atoms with Crippen molar-refractivity contribution in [2.45, 2.75) is 19.3 Å². The normalized spacial score (nSPS) is 13.5. The molecular formula is C43H30N4. The Morgan fingerprint density at radius 3 is 1.89 bits per heavy atom. The van der Waals surface area contributed by atoms with Crippen molar-refractivity contribution in [3.63, 3.8) is 0 Å². The lowest BCUT2D eigenvalue weighted by Gasteiger charge is -2.22. The van der Waals surface area contributed by atoms with Crippen LogP contribution in [0.1, 0.15) is 25.0 Å². The van der Waals surface area contributed by atoms with Crippen LogP contribution in [0.2, 0.25) is 0 Å². The molecule has 0 radical (unpaired) electrons. The molecule has 1 aliphatic carbocycles. The fraction of sp³-hybridized carbons (Fsp3) is 0.0698. The zero-order chi connectivity index (χ0) is 31.3. The summed E-state index contributed by atoms with van der Waals surface area (Å²) in [6.45, 7) is 4.68. The lowest BCUT2D eigenvalue weighted by Crippen LogP contribution is -2.15. The van der Waals surface area contributed by atoms with Crippen LogP contribution in [0.15, 0.2) is 146 Å². The molecule has 0 fully saturated rings. The van der Waals surface area contributed by atoms with Gasteiger partial charge < -0.3 is 9.13 Å². The number of aromatic nitrogens is 4. The molecule has 0 atom stereocenters. The lowest BCUT2D eigenvalue weighted by molar-refractivity contribution is 0.660. The maximum atomic E-state index is 4.57. The quantitative estimate of drug-likeness (QED) is 0.202. The van der Waals surface area contributed by atoms with Crippen molar-refractivity contribution in [2.75, 3.05) is 0 Å². The number of pyridine rings is 2. The Morgan fingerprint density at radius 1 is 0.447 bits per heavy atom. The number of rotatable bonds is 3.